The van der Waals surface area contributed by atoms with Gasteiger partial charge in [-0.3, -0.25) is 4.79 Å². The highest BCUT2D eigenvalue weighted by molar-refractivity contribution is 5.82. The van der Waals surface area contributed by atoms with Gasteiger partial charge in [0.25, 0.3) is 0 Å². The quantitative estimate of drug-likeness (QED) is 0.711. The summed E-state index contributed by atoms with van der Waals surface area (Å²) in [5.41, 5.74) is 1.51. The minimum Gasteiger partial charge on any atom is -0.493 e. The Morgan fingerprint density at radius 2 is 1.86 bits per heavy atom. The minimum absolute atomic E-state index is 0.0116. The van der Waals surface area contributed by atoms with E-state index in [1.165, 1.54) is 32.4 Å². The van der Waals surface area contributed by atoms with Gasteiger partial charge < -0.3 is 23.7 Å². The van der Waals surface area contributed by atoms with Gasteiger partial charge in [-0.15, -0.1) is 0 Å². The van der Waals surface area contributed by atoms with Gasteiger partial charge in [0.15, 0.2) is 11.3 Å². The second-order valence-corrected chi connectivity index (χ2v) is 7.72. The molecule has 0 saturated carbocycles. The molecular formula is C22H30N2O4. The number of morpholine rings is 1. The lowest BCUT2D eigenvalue weighted by Gasteiger charge is -2.27. The normalized spacial score (nSPS) is 18.5. The molecule has 4 rings (SSSR count). The summed E-state index contributed by atoms with van der Waals surface area (Å²) in [7, 11) is 0. The smallest absolute Gasteiger partial charge is 0.200 e. The molecule has 2 aliphatic heterocycles. The van der Waals surface area contributed by atoms with E-state index in [9.17, 15) is 4.79 Å². The van der Waals surface area contributed by atoms with Crippen LogP contribution in [0.1, 0.15) is 31.2 Å². The van der Waals surface area contributed by atoms with Gasteiger partial charge in [-0.25, -0.2) is 0 Å². The molecule has 152 valence electrons. The second kappa shape index (κ2) is 8.97. The molecule has 6 heteroatoms. The average Bonchev–Trinajstić information content (AvgIpc) is 2.74. The highest BCUT2D eigenvalue weighted by atomic mass is 16.5. The van der Waals surface area contributed by atoms with Crippen molar-refractivity contribution in [1.29, 1.82) is 0 Å². The fourth-order valence-electron chi connectivity index (χ4n) is 4.07. The van der Waals surface area contributed by atoms with Crippen molar-refractivity contribution in [3.63, 3.8) is 0 Å². The van der Waals surface area contributed by atoms with Crippen molar-refractivity contribution in [2.45, 2.75) is 32.6 Å². The zero-order valence-electron chi connectivity index (χ0n) is 16.7. The van der Waals surface area contributed by atoms with Gasteiger partial charge in [-0.2, -0.15) is 0 Å². The standard InChI is InChI=1S/C22H30N2O4/c1-17-20(27-13-5-10-23-8-3-2-4-9-23)7-6-18-19(25)16-21(28-22(17)18)24-11-14-26-15-12-24/h6-7,16H,2-5,8-15H2,1H3. The Labute approximate surface area is 166 Å². The van der Waals surface area contributed by atoms with Crippen LogP contribution in [-0.2, 0) is 4.74 Å². The first-order valence-corrected chi connectivity index (χ1v) is 10.5. The molecule has 0 atom stereocenters. The summed E-state index contributed by atoms with van der Waals surface area (Å²) >= 11 is 0. The van der Waals surface area contributed by atoms with Gasteiger partial charge in [-0.05, 0) is 51.4 Å². The van der Waals surface area contributed by atoms with Crippen LogP contribution in [0.25, 0.3) is 11.0 Å². The van der Waals surface area contributed by atoms with Gasteiger partial charge in [0, 0.05) is 31.3 Å². The highest BCUT2D eigenvalue weighted by Gasteiger charge is 2.17. The van der Waals surface area contributed by atoms with Gasteiger partial charge in [-0.1, -0.05) is 6.42 Å². The fourth-order valence-corrected chi connectivity index (χ4v) is 4.07. The van der Waals surface area contributed by atoms with Gasteiger partial charge in [0.1, 0.15) is 11.3 Å². The number of rotatable bonds is 6. The summed E-state index contributed by atoms with van der Waals surface area (Å²) in [6, 6.07) is 5.30. The highest BCUT2D eigenvalue weighted by Crippen LogP contribution is 2.29. The molecule has 2 aliphatic rings. The van der Waals surface area contributed by atoms with Crippen molar-refractivity contribution in [3.05, 3.63) is 34.0 Å². The van der Waals surface area contributed by atoms with Crippen LogP contribution in [0.5, 0.6) is 5.75 Å². The number of hydrogen-bond acceptors (Lipinski definition) is 6. The summed E-state index contributed by atoms with van der Waals surface area (Å²) in [4.78, 5) is 17.2. The molecule has 0 unspecified atom stereocenters. The lowest BCUT2D eigenvalue weighted by atomic mass is 10.1. The topological polar surface area (TPSA) is 55.2 Å². The molecule has 0 bridgehead atoms. The molecule has 0 aliphatic carbocycles. The zero-order valence-corrected chi connectivity index (χ0v) is 16.7. The summed E-state index contributed by atoms with van der Waals surface area (Å²) in [5, 5.41) is 0.607. The minimum atomic E-state index is -0.0116. The Morgan fingerprint density at radius 1 is 1.07 bits per heavy atom. The van der Waals surface area contributed by atoms with Crippen LogP contribution in [0.2, 0.25) is 0 Å². The fraction of sp³-hybridized carbons (Fsp3) is 0.591. The Bertz CT molecular complexity index is 851. The molecular weight excluding hydrogens is 356 g/mol. The largest absolute Gasteiger partial charge is 0.493 e. The molecule has 1 aromatic heterocycles. The summed E-state index contributed by atoms with van der Waals surface area (Å²) in [5.74, 6) is 1.42. The number of likely N-dealkylation sites (tertiary alicyclic amines) is 1. The Balaban J connectivity index is 1.46. The second-order valence-electron chi connectivity index (χ2n) is 7.72. The van der Waals surface area contributed by atoms with Crippen LogP contribution < -0.4 is 15.1 Å². The monoisotopic (exact) mass is 386 g/mol. The van der Waals surface area contributed by atoms with Crippen LogP contribution in [0, 0.1) is 6.92 Å². The average molecular weight is 386 g/mol. The molecule has 2 fully saturated rings. The number of ether oxygens (including phenoxy) is 2. The Kier molecular flexibility index (Phi) is 6.17. The number of benzene rings is 1. The van der Waals surface area contributed by atoms with E-state index in [2.05, 4.69) is 9.80 Å². The van der Waals surface area contributed by atoms with E-state index in [4.69, 9.17) is 13.9 Å². The maximum Gasteiger partial charge on any atom is 0.200 e. The molecule has 0 amide bonds. The molecule has 1 aromatic carbocycles. The molecule has 3 heterocycles. The van der Waals surface area contributed by atoms with E-state index in [0.29, 0.717) is 36.7 Å². The van der Waals surface area contributed by atoms with Crippen molar-refractivity contribution in [1.82, 2.24) is 4.90 Å². The van der Waals surface area contributed by atoms with Crippen LogP contribution in [0.3, 0.4) is 0 Å². The lowest BCUT2D eigenvalue weighted by Crippen LogP contribution is -2.36. The zero-order chi connectivity index (χ0) is 19.3. The number of fused-ring (bicyclic) bond motifs is 1. The molecule has 6 nitrogen and oxygen atoms in total. The van der Waals surface area contributed by atoms with Crippen molar-refractivity contribution in [3.8, 4) is 5.75 Å². The van der Waals surface area contributed by atoms with Crippen LogP contribution >= 0.6 is 0 Å². The van der Waals surface area contributed by atoms with Crippen LogP contribution in [-0.4, -0.2) is 57.4 Å². The summed E-state index contributed by atoms with van der Waals surface area (Å²) < 4.78 is 17.6. The predicted molar refractivity (Wildman–Crippen MR) is 111 cm³/mol. The van der Waals surface area contributed by atoms with Crippen LogP contribution in [0.4, 0.5) is 5.88 Å². The van der Waals surface area contributed by atoms with Crippen molar-refractivity contribution in [2.75, 3.05) is 57.4 Å². The molecule has 0 N–H and O–H groups in total. The summed E-state index contributed by atoms with van der Waals surface area (Å²) in [6.07, 6.45) is 5.00. The van der Waals surface area contributed by atoms with Crippen LogP contribution in [0.15, 0.2) is 27.4 Å². The Hall–Kier alpha value is -2.05. The number of piperidine rings is 1. The molecule has 2 aromatic rings. The first-order valence-electron chi connectivity index (χ1n) is 10.5. The third-order valence-corrected chi connectivity index (χ3v) is 5.73. The number of nitrogens with zero attached hydrogens (tertiary/aromatic N) is 2. The van der Waals surface area contributed by atoms with E-state index in [1.54, 1.807) is 6.07 Å². The maximum absolute atomic E-state index is 12.6. The van der Waals surface area contributed by atoms with Crippen molar-refractivity contribution < 1.29 is 13.9 Å². The predicted octanol–water partition coefficient (Wildman–Crippen LogP) is 3.19. The van der Waals surface area contributed by atoms with Gasteiger partial charge >= 0.3 is 0 Å². The molecule has 0 radical (unpaired) electrons. The number of anilines is 1. The van der Waals surface area contributed by atoms with E-state index >= 15 is 0 Å². The maximum atomic E-state index is 12.6. The first-order chi connectivity index (χ1) is 13.7. The molecule has 2 saturated heterocycles. The number of hydrogen-bond donors (Lipinski definition) is 0. The molecule has 0 spiro atoms. The molecule has 28 heavy (non-hydrogen) atoms. The lowest BCUT2D eigenvalue weighted by molar-refractivity contribution is 0.121. The first kappa shape index (κ1) is 19.3. The third kappa shape index (κ3) is 4.33. The van der Waals surface area contributed by atoms with E-state index in [0.717, 1.165) is 37.4 Å². The number of aryl methyl sites for hydroxylation is 1. The van der Waals surface area contributed by atoms with E-state index in [-0.39, 0.29) is 5.43 Å². The SMILES string of the molecule is Cc1c(OCCCN2CCCCC2)ccc2c(=O)cc(N3CCOCC3)oc12. The Morgan fingerprint density at radius 3 is 2.64 bits per heavy atom. The van der Waals surface area contributed by atoms with Crippen molar-refractivity contribution >= 4 is 16.9 Å². The van der Waals surface area contributed by atoms with Crippen molar-refractivity contribution in [2.24, 2.45) is 0 Å². The third-order valence-electron chi connectivity index (χ3n) is 5.73. The van der Waals surface area contributed by atoms with Gasteiger partial charge in [0.2, 0.25) is 0 Å². The van der Waals surface area contributed by atoms with E-state index in [1.807, 2.05) is 19.1 Å². The van der Waals surface area contributed by atoms with E-state index < -0.39 is 0 Å². The van der Waals surface area contributed by atoms with Gasteiger partial charge in [0.05, 0.1) is 25.2 Å². The summed E-state index contributed by atoms with van der Waals surface area (Å²) in [6.45, 7) is 8.94.